The van der Waals surface area contributed by atoms with Crippen LogP contribution in [0.1, 0.15) is 105 Å². The molecule has 0 amide bonds. The second kappa shape index (κ2) is 21.3. The highest BCUT2D eigenvalue weighted by molar-refractivity contribution is 5.99. The standard InChI is InChI=1S/C47H77N2O10/c1-9-11-12-13-14-22-49(5)23-20-48(21-24-49)29-42(51)59-40-17-15-16-33(10-2)57-41(50)28-38-35-19-18-32-25-34(26-36(32)37(35)27-39(38)43(52)30(40)3)58-47-46(55-8)45(54-7)44(53-6)31(4)56-47/h18-19,27,30-38,40,44-47H,9-17,20-26,28-29H2,1-8H3/q+1/t30-,31+,32-,33+,34-,35-,36-,37-,38+,40+,44+,45-,46-,47+/m1/s1. The molecule has 0 spiro atoms. The molecule has 0 bridgehead atoms. The monoisotopic (exact) mass is 830 g/mol. The lowest BCUT2D eigenvalue weighted by atomic mass is 9.70. The van der Waals surface area contributed by atoms with Crippen molar-refractivity contribution in [2.75, 3.05) is 67.6 Å². The molecule has 4 fully saturated rings. The van der Waals surface area contributed by atoms with E-state index in [0.29, 0.717) is 31.3 Å². The van der Waals surface area contributed by atoms with E-state index in [-0.39, 0.29) is 90.8 Å². The van der Waals surface area contributed by atoms with Gasteiger partial charge in [0, 0.05) is 40.3 Å². The number of piperazine rings is 1. The smallest absolute Gasteiger partial charge is 0.320 e. The number of carbonyl (C=O) groups is 3. The summed E-state index contributed by atoms with van der Waals surface area (Å²) in [4.78, 5) is 44.1. The number of allylic oxidation sites excluding steroid dienone is 4. The minimum Gasteiger partial charge on any atom is -0.462 e. The molecule has 0 aromatic carbocycles. The Morgan fingerprint density at radius 3 is 2.32 bits per heavy atom. The van der Waals surface area contributed by atoms with Crippen LogP contribution in [0.5, 0.6) is 0 Å². The van der Waals surface area contributed by atoms with Crippen LogP contribution in [0.25, 0.3) is 0 Å². The third-order valence-electron chi connectivity index (χ3n) is 15.0. The van der Waals surface area contributed by atoms with E-state index in [1.165, 1.54) is 38.6 Å². The molecule has 0 unspecified atom stereocenters. The Hall–Kier alpha value is -2.19. The molecule has 14 atom stereocenters. The van der Waals surface area contributed by atoms with Crippen LogP contribution in [0.4, 0.5) is 0 Å². The lowest BCUT2D eigenvalue weighted by Crippen LogP contribution is -2.59. The lowest BCUT2D eigenvalue weighted by Gasteiger charge is -2.44. The summed E-state index contributed by atoms with van der Waals surface area (Å²) in [5.41, 5.74) is 0.689. The molecule has 0 N–H and O–H groups in total. The number of nitrogens with zero attached hydrogens (tertiary/aromatic N) is 2. The third-order valence-corrected chi connectivity index (χ3v) is 15.0. The van der Waals surface area contributed by atoms with E-state index in [1.807, 2.05) is 20.8 Å². The number of quaternary nitrogens is 1. The zero-order valence-corrected chi connectivity index (χ0v) is 37.5. The molecule has 3 heterocycles. The van der Waals surface area contributed by atoms with E-state index >= 15 is 0 Å². The number of Topliss-reactive ketones (excluding diaryl/α,β-unsaturated/α-hetero) is 1. The number of ketones is 1. The van der Waals surface area contributed by atoms with E-state index < -0.39 is 24.4 Å². The number of hydrogen-bond donors (Lipinski definition) is 0. The first-order chi connectivity index (χ1) is 28.4. The normalized spacial score (nSPS) is 38.9. The summed E-state index contributed by atoms with van der Waals surface area (Å²) >= 11 is 0. The highest BCUT2D eigenvalue weighted by Crippen LogP contribution is 2.54. The lowest BCUT2D eigenvalue weighted by molar-refractivity contribution is -0.913. The first-order valence-corrected chi connectivity index (χ1v) is 23.2. The molecule has 334 valence electrons. The number of cyclic esters (lactones) is 1. The molecule has 12 nitrogen and oxygen atoms in total. The second-order valence-electron chi connectivity index (χ2n) is 19.0. The maximum absolute atomic E-state index is 14.7. The molecule has 12 heteroatoms. The number of carbonyl (C=O) groups excluding carboxylic acids is 3. The van der Waals surface area contributed by atoms with Crippen molar-refractivity contribution in [2.45, 2.75) is 154 Å². The van der Waals surface area contributed by atoms with E-state index in [0.717, 1.165) is 43.5 Å². The summed E-state index contributed by atoms with van der Waals surface area (Å²) in [7, 11) is 7.30. The summed E-state index contributed by atoms with van der Waals surface area (Å²) in [6.07, 6.45) is 14.7. The van der Waals surface area contributed by atoms with Crippen LogP contribution in [0.3, 0.4) is 0 Å². The van der Waals surface area contributed by atoms with E-state index in [4.69, 9.17) is 33.2 Å². The predicted octanol–water partition coefficient (Wildman–Crippen LogP) is 6.29. The highest BCUT2D eigenvalue weighted by Gasteiger charge is 2.52. The molecule has 0 radical (unpaired) electrons. The number of ether oxygens (including phenoxy) is 7. The van der Waals surface area contributed by atoms with E-state index in [2.05, 4.69) is 37.1 Å². The Morgan fingerprint density at radius 1 is 0.898 bits per heavy atom. The summed E-state index contributed by atoms with van der Waals surface area (Å²) in [5.74, 6) is -0.780. The molecule has 6 aliphatic rings. The molecule has 0 aromatic heterocycles. The summed E-state index contributed by atoms with van der Waals surface area (Å²) in [6.45, 7) is 13.4. The number of likely N-dealkylation sites (N-methyl/N-ethyl adjacent to an activating group) is 1. The van der Waals surface area contributed by atoms with Crippen molar-refractivity contribution in [1.29, 1.82) is 0 Å². The van der Waals surface area contributed by atoms with Gasteiger partial charge in [-0.15, -0.1) is 0 Å². The fourth-order valence-electron chi connectivity index (χ4n) is 11.3. The van der Waals surface area contributed by atoms with Gasteiger partial charge >= 0.3 is 11.9 Å². The van der Waals surface area contributed by atoms with Gasteiger partial charge in [0.1, 0.15) is 30.5 Å². The van der Waals surface area contributed by atoms with Gasteiger partial charge < -0.3 is 37.6 Å². The number of methoxy groups -OCH3 is 3. The van der Waals surface area contributed by atoms with Crippen molar-refractivity contribution in [3.8, 4) is 0 Å². The third kappa shape index (κ3) is 11.1. The number of unbranched alkanes of at least 4 members (excludes halogenated alkanes) is 4. The molecule has 3 aliphatic heterocycles. The van der Waals surface area contributed by atoms with Crippen molar-refractivity contribution in [1.82, 2.24) is 4.90 Å². The quantitative estimate of drug-likeness (QED) is 0.0803. The van der Waals surface area contributed by atoms with Gasteiger partial charge in [-0.05, 0) is 87.5 Å². The zero-order chi connectivity index (χ0) is 42.3. The van der Waals surface area contributed by atoms with Gasteiger partial charge in [0.2, 0.25) is 0 Å². The van der Waals surface area contributed by atoms with E-state index in [9.17, 15) is 14.4 Å². The van der Waals surface area contributed by atoms with Crippen LogP contribution in [0, 0.1) is 35.5 Å². The maximum atomic E-state index is 14.7. The maximum Gasteiger partial charge on any atom is 0.320 e. The Balaban J connectivity index is 1.13. The first-order valence-electron chi connectivity index (χ1n) is 23.2. The Kier molecular flexibility index (Phi) is 16.7. The molecule has 3 saturated heterocycles. The summed E-state index contributed by atoms with van der Waals surface area (Å²) in [5, 5.41) is 0. The first kappa shape index (κ1) is 46.3. The largest absolute Gasteiger partial charge is 0.462 e. The van der Waals surface area contributed by atoms with Gasteiger partial charge in [-0.25, -0.2) is 0 Å². The number of esters is 2. The molecular formula is C47H77N2O10+. The molecule has 0 aromatic rings. The predicted molar refractivity (Wildman–Crippen MR) is 224 cm³/mol. The molecule has 59 heavy (non-hydrogen) atoms. The average molecular weight is 830 g/mol. The van der Waals surface area contributed by atoms with Crippen molar-refractivity contribution < 1.29 is 52.0 Å². The van der Waals surface area contributed by atoms with E-state index in [1.54, 1.807) is 21.3 Å². The van der Waals surface area contributed by atoms with Crippen LogP contribution < -0.4 is 0 Å². The fraction of sp³-hybridized carbons (Fsp3) is 0.851. The van der Waals surface area contributed by atoms with Crippen LogP contribution in [-0.2, 0) is 47.5 Å². The number of fused-ring (bicyclic) bond motifs is 5. The van der Waals surface area contributed by atoms with Crippen LogP contribution in [-0.4, -0.2) is 144 Å². The molecular weight excluding hydrogens is 753 g/mol. The zero-order valence-electron chi connectivity index (χ0n) is 37.5. The minimum atomic E-state index is -0.615. The summed E-state index contributed by atoms with van der Waals surface area (Å²) in [6, 6.07) is 0. The highest BCUT2D eigenvalue weighted by atomic mass is 16.7. The van der Waals surface area contributed by atoms with Gasteiger partial charge in [0.05, 0.1) is 57.8 Å². The topological polar surface area (TPSA) is 119 Å². The van der Waals surface area contributed by atoms with Crippen LogP contribution >= 0.6 is 0 Å². The molecule has 6 rings (SSSR count). The Labute approximate surface area is 354 Å². The second-order valence-corrected chi connectivity index (χ2v) is 19.0. The van der Waals surface area contributed by atoms with Gasteiger partial charge in [0.25, 0.3) is 0 Å². The van der Waals surface area contributed by atoms with Crippen molar-refractivity contribution in [2.24, 2.45) is 35.5 Å². The molecule has 3 aliphatic carbocycles. The SMILES string of the molecule is CCCCCCC[N+]1(C)CCN(CC(=O)O[C@H]2CCC[C@H](CC)OC(=O)C[C@@H]3C(=C[C@@H]4[C@H]3C=C[C@@H]3C[C@@H](O[C@@H]5O[C@@H](C)[C@H](OC)[C@@H](OC)[C@H]5OC)C[C@@H]43)C(=O)[C@@H]2C)CC1. The molecule has 1 saturated carbocycles. The Bertz CT molecular complexity index is 1460. The van der Waals surface area contributed by atoms with Gasteiger partial charge in [-0.1, -0.05) is 58.3 Å². The Morgan fingerprint density at radius 2 is 1.63 bits per heavy atom. The minimum absolute atomic E-state index is 0.00439. The van der Waals surface area contributed by atoms with Crippen molar-refractivity contribution in [3.63, 3.8) is 0 Å². The van der Waals surface area contributed by atoms with Gasteiger partial charge in [-0.3, -0.25) is 19.3 Å². The van der Waals surface area contributed by atoms with Crippen LogP contribution in [0.15, 0.2) is 23.8 Å². The fourth-order valence-corrected chi connectivity index (χ4v) is 11.3. The number of rotatable bonds is 15. The van der Waals surface area contributed by atoms with Crippen molar-refractivity contribution >= 4 is 17.7 Å². The van der Waals surface area contributed by atoms with Crippen molar-refractivity contribution in [3.05, 3.63) is 23.8 Å². The van der Waals surface area contributed by atoms with Gasteiger partial charge in [-0.2, -0.15) is 0 Å². The number of hydrogen-bond acceptors (Lipinski definition) is 11. The summed E-state index contributed by atoms with van der Waals surface area (Å²) < 4.78 is 43.8. The van der Waals surface area contributed by atoms with Gasteiger partial charge in [0.15, 0.2) is 12.1 Å². The average Bonchev–Trinajstić information content (AvgIpc) is 3.80. The van der Waals surface area contributed by atoms with Crippen LogP contribution in [0.2, 0.25) is 0 Å².